The highest BCUT2D eigenvalue weighted by molar-refractivity contribution is 7.27. The molecule has 0 saturated carbocycles. The summed E-state index contributed by atoms with van der Waals surface area (Å²) >= 11 is 1.87. The Bertz CT molecular complexity index is 2970. The van der Waals surface area contributed by atoms with Gasteiger partial charge in [-0.25, -0.2) is 4.98 Å². The molecular formula is C46H30N4S. The fourth-order valence-corrected chi connectivity index (χ4v) is 8.92. The van der Waals surface area contributed by atoms with Crippen molar-refractivity contribution in [2.45, 2.75) is 6.92 Å². The number of allylic oxidation sites excluding steroid dienone is 3. The Labute approximate surface area is 298 Å². The molecular weight excluding hydrogens is 641 g/mol. The van der Waals surface area contributed by atoms with Gasteiger partial charge in [-0.3, -0.25) is 4.57 Å². The molecule has 3 aromatic heterocycles. The number of thiophene rings is 1. The van der Waals surface area contributed by atoms with Gasteiger partial charge >= 0.3 is 0 Å². The van der Waals surface area contributed by atoms with Crippen molar-refractivity contribution in [3.63, 3.8) is 0 Å². The smallest absolute Gasteiger partial charge is 0.238 e. The Morgan fingerprint density at radius 3 is 1.75 bits per heavy atom. The molecule has 10 aromatic rings. The van der Waals surface area contributed by atoms with E-state index in [-0.39, 0.29) is 0 Å². The number of fused-ring (bicyclic) bond motifs is 12. The third-order valence-corrected chi connectivity index (χ3v) is 11.0. The van der Waals surface area contributed by atoms with Crippen molar-refractivity contribution in [3.05, 3.63) is 163 Å². The molecule has 51 heavy (non-hydrogen) atoms. The predicted molar refractivity (Wildman–Crippen MR) is 217 cm³/mol. The lowest BCUT2D eigenvalue weighted by Gasteiger charge is -2.12. The molecule has 0 bridgehead atoms. The Kier molecular flexibility index (Phi) is 6.86. The van der Waals surface area contributed by atoms with Gasteiger partial charge in [0, 0.05) is 42.8 Å². The van der Waals surface area contributed by atoms with Crippen molar-refractivity contribution in [2.24, 2.45) is 0 Å². The first-order valence-electron chi connectivity index (χ1n) is 17.2. The molecule has 0 amide bonds. The van der Waals surface area contributed by atoms with Crippen LogP contribution in [0.5, 0.6) is 0 Å². The largest absolute Gasteiger partial charge is 0.276 e. The maximum atomic E-state index is 5.25. The second kappa shape index (κ2) is 11.9. The lowest BCUT2D eigenvalue weighted by molar-refractivity contribution is 0.955. The number of nitrogens with zero attached hydrogens (tertiary/aromatic N) is 4. The molecule has 5 heteroatoms. The van der Waals surface area contributed by atoms with Crippen LogP contribution in [0.25, 0.3) is 98.3 Å². The molecule has 3 heterocycles. The van der Waals surface area contributed by atoms with Crippen LogP contribution in [-0.2, 0) is 0 Å². The SMILES string of the molecule is C/C=C\C=C/c1cc2c(sc3c2c2ccccc2c2c4ccccc4n(-c4nc(-c5ccccc5)nc(-c5ccccc5)n4)c32)c2ccccc12. The van der Waals surface area contributed by atoms with Crippen LogP contribution >= 0.6 is 11.3 Å². The van der Waals surface area contributed by atoms with E-state index in [9.17, 15) is 0 Å². The highest BCUT2D eigenvalue weighted by atomic mass is 32.1. The highest BCUT2D eigenvalue weighted by Crippen LogP contribution is 2.49. The first kappa shape index (κ1) is 29.5. The van der Waals surface area contributed by atoms with Crippen LogP contribution in [0.15, 0.2) is 158 Å². The number of benzene rings is 7. The second-order valence-corrected chi connectivity index (χ2v) is 13.7. The quantitative estimate of drug-likeness (QED) is 0.171. The van der Waals surface area contributed by atoms with Crippen molar-refractivity contribution in [1.82, 2.24) is 19.5 Å². The van der Waals surface area contributed by atoms with Gasteiger partial charge in [0.05, 0.1) is 15.7 Å². The third-order valence-electron chi connectivity index (χ3n) is 9.75. The summed E-state index contributed by atoms with van der Waals surface area (Å²) in [5, 5.41) is 9.87. The molecule has 10 rings (SSSR count). The van der Waals surface area contributed by atoms with Gasteiger partial charge in [0.25, 0.3) is 0 Å². The Morgan fingerprint density at radius 1 is 0.510 bits per heavy atom. The van der Waals surface area contributed by atoms with Crippen LogP contribution in [-0.4, -0.2) is 19.5 Å². The average Bonchev–Trinajstić information content (AvgIpc) is 3.76. The number of rotatable bonds is 5. The third kappa shape index (κ3) is 4.63. The molecule has 0 N–H and O–H groups in total. The zero-order chi connectivity index (χ0) is 33.9. The summed E-state index contributed by atoms with van der Waals surface area (Å²) < 4.78 is 4.78. The lowest BCUT2D eigenvalue weighted by atomic mass is 9.96. The summed E-state index contributed by atoms with van der Waals surface area (Å²) in [5.74, 6) is 1.88. The summed E-state index contributed by atoms with van der Waals surface area (Å²) in [4.78, 5) is 15.5. The Morgan fingerprint density at radius 2 is 1.08 bits per heavy atom. The number of aromatic nitrogens is 4. The van der Waals surface area contributed by atoms with E-state index in [1.54, 1.807) is 0 Å². The minimum Gasteiger partial charge on any atom is -0.276 e. The van der Waals surface area contributed by atoms with Gasteiger partial charge in [0.2, 0.25) is 5.95 Å². The maximum Gasteiger partial charge on any atom is 0.238 e. The van der Waals surface area contributed by atoms with Crippen LogP contribution in [0.2, 0.25) is 0 Å². The van der Waals surface area contributed by atoms with Gasteiger partial charge in [-0.1, -0.05) is 152 Å². The van der Waals surface area contributed by atoms with Crippen molar-refractivity contribution < 1.29 is 0 Å². The fraction of sp³-hybridized carbons (Fsp3) is 0.0217. The van der Waals surface area contributed by atoms with Gasteiger partial charge < -0.3 is 0 Å². The van der Waals surface area contributed by atoms with E-state index in [4.69, 9.17) is 15.0 Å². The highest BCUT2D eigenvalue weighted by Gasteiger charge is 2.24. The zero-order valence-electron chi connectivity index (χ0n) is 27.8. The first-order valence-corrected chi connectivity index (χ1v) is 18.0. The summed E-state index contributed by atoms with van der Waals surface area (Å²) in [7, 11) is 0. The van der Waals surface area contributed by atoms with Gasteiger partial charge in [-0.2, -0.15) is 9.97 Å². The molecule has 0 radical (unpaired) electrons. The molecule has 0 aliphatic rings. The van der Waals surface area contributed by atoms with Crippen molar-refractivity contribution in [1.29, 1.82) is 0 Å². The maximum absolute atomic E-state index is 5.25. The minimum absolute atomic E-state index is 0.600. The van der Waals surface area contributed by atoms with Gasteiger partial charge in [0.1, 0.15) is 0 Å². The summed E-state index contributed by atoms with van der Waals surface area (Å²) in [6, 6.07) is 49.1. The molecule has 0 unspecified atom stereocenters. The lowest BCUT2D eigenvalue weighted by Crippen LogP contribution is -2.06. The van der Waals surface area contributed by atoms with E-state index in [1.165, 1.54) is 58.1 Å². The van der Waals surface area contributed by atoms with Crippen LogP contribution < -0.4 is 0 Å². The number of hydrogen-bond donors (Lipinski definition) is 0. The van der Waals surface area contributed by atoms with E-state index in [0.29, 0.717) is 17.6 Å². The summed E-state index contributed by atoms with van der Waals surface area (Å²) in [6.07, 6.45) is 8.51. The van der Waals surface area contributed by atoms with Crippen LogP contribution in [0.1, 0.15) is 12.5 Å². The standard InChI is InChI=1S/C46H30N4S/c1-2-3-6-21-31-28-37-40-34-24-13-12-23-33(34)39-36-26-15-16-27-38(36)50(41(39)43(40)51-42(37)35-25-14-11-22-32(31)35)46-48-44(29-17-7-4-8-18-29)47-45(49-46)30-19-9-5-10-20-30/h2-28H,1H3/b3-2-,21-6-. The van der Waals surface area contributed by atoms with Gasteiger partial charge in [-0.15, -0.1) is 11.3 Å². The monoisotopic (exact) mass is 670 g/mol. The fourth-order valence-electron chi connectivity index (χ4n) is 7.54. The molecule has 0 atom stereocenters. The van der Waals surface area contributed by atoms with E-state index < -0.39 is 0 Å². The molecule has 0 fully saturated rings. The van der Waals surface area contributed by atoms with E-state index >= 15 is 0 Å². The number of para-hydroxylation sites is 1. The Hall–Kier alpha value is -6.43. The van der Waals surface area contributed by atoms with Gasteiger partial charge in [-0.05, 0) is 40.8 Å². The predicted octanol–water partition coefficient (Wildman–Crippen LogP) is 12.6. The van der Waals surface area contributed by atoms with Crippen molar-refractivity contribution >= 4 is 80.9 Å². The Balaban J connectivity index is 1.41. The zero-order valence-corrected chi connectivity index (χ0v) is 28.6. The minimum atomic E-state index is 0.600. The average molecular weight is 671 g/mol. The molecule has 240 valence electrons. The van der Waals surface area contributed by atoms with E-state index in [1.807, 2.05) is 54.7 Å². The summed E-state index contributed by atoms with van der Waals surface area (Å²) in [6.45, 7) is 2.05. The molecule has 0 spiro atoms. The van der Waals surface area contributed by atoms with Crippen LogP contribution in [0, 0.1) is 0 Å². The molecule has 0 aliphatic heterocycles. The van der Waals surface area contributed by atoms with E-state index in [2.05, 4.69) is 132 Å². The van der Waals surface area contributed by atoms with Crippen LogP contribution in [0.4, 0.5) is 0 Å². The first-order chi connectivity index (χ1) is 25.3. The van der Waals surface area contributed by atoms with E-state index in [0.717, 1.165) is 22.2 Å². The normalized spacial score (nSPS) is 12.3. The van der Waals surface area contributed by atoms with Crippen LogP contribution in [0.3, 0.4) is 0 Å². The molecule has 0 saturated heterocycles. The van der Waals surface area contributed by atoms with Crippen molar-refractivity contribution in [2.75, 3.05) is 0 Å². The topological polar surface area (TPSA) is 43.6 Å². The van der Waals surface area contributed by atoms with Crippen molar-refractivity contribution in [3.8, 4) is 28.7 Å². The number of hydrogen-bond acceptors (Lipinski definition) is 4. The summed E-state index contributed by atoms with van der Waals surface area (Å²) in [5.41, 5.74) is 5.28. The molecule has 7 aromatic carbocycles. The molecule has 4 nitrogen and oxygen atoms in total. The second-order valence-electron chi connectivity index (χ2n) is 12.7. The molecule has 0 aliphatic carbocycles. The van der Waals surface area contributed by atoms with Gasteiger partial charge in [0.15, 0.2) is 11.6 Å².